The van der Waals surface area contributed by atoms with Crippen LogP contribution in [0.15, 0.2) is 12.3 Å². The van der Waals surface area contributed by atoms with Gasteiger partial charge in [0.25, 0.3) is 0 Å². The quantitative estimate of drug-likeness (QED) is 0.804. The maximum Gasteiger partial charge on any atom is 0.306 e. The first kappa shape index (κ1) is 14.5. The third-order valence-corrected chi connectivity index (χ3v) is 4.26. The van der Waals surface area contributed by atoms with Crippen molar-refractivity contribution in [3.8, 4) is 0 Å². The Morgan fingerprint density at radius 2 is 2.14 bits per heavy atom. The molecule has 1 saturated carbocycles. The molecule has 7 nitrogen and oxygen atoms in total. The third-order valence-electron chi connectivity index (χ3n) is 4.26. The lowest BCUT2D eigenvalue weighted by molar-refractivity contribution is -0.143. The number of pyridine rings is 1. The second-order valence-corrected chi connectivity index (χ2v) is 5.83. The molecule has 1 amide bonds. The molecule has 3 rings (SSSR count). The highest BCUT2D eigenvalue weighted by atomic mass is 16.4. The summed E-state index contributed by atoms with van der Waals surface area (Å²) >= 11 is 0. The number of hydrogen-bond donors (Lipinski definition) is 3. The largest absolute Gasteiger partial charge is 0.481 e. The highest BCUT2D eigenvalue weighted by Crippen LogP contribution is 2.30. The molecule has 0 aromatic carbocycles. The molecule has 1 aliphatic rings. The predicted octanol–water partition coefficient (Wildman–Crippen LogP) is 2.10. The first-order valence-corrected chi connectivity index (χ1v) is 7.39. The van der Waals surface area contributed by atoms with Crippen molar-refractivity contribution in [2.75, 3.05) is 5.32 Å². The van der Waals surface area contributed by atoms with Crippen molar-refractivity contribution >= 4 is 28.6 Å². The molecule has 3 N–H and O–H groups in total. The van der Waals surface area contributed by atoms with Crippen LogP contribution in [0.5, 0.6) is 0 Å². The summed E-state index contributed by atoms with van der Waals surface area (Å²) in [6.07, 6.45) is 4.13. The number of aromatic amines is 1. The number of carboxylic acid groups (broad SMARTS) is 1. The van der Waals surface area contributed by atoms with Crippen LogP contribution in [0.25, 0.3) is 11.0 Å². The number of aryl methyl sites for hydroxylation is 1. The zero-order valence-electron chi connectivity index (χ0n) is 12.3. The Kier molecular flexibility index (Phi) is 3.79. The fourth-order valence-electron chi connectivity index (χ4n) is 2.98. The van der Waals surface area contributed by atoms with Crippen LogP contribution in [-0.4, -0.2) is 32.2 Å². The van der Waals surface area contributed by atoms with Crippen LogP contribution in [0.3, 0.4) is 0 Å². The Morgan fingerprint density at radius 3 is 2.91 bits per heavy atom. The number of aromatic nitrogens is 3. The predicted molar refractivity (Wildman–Crippen MR) is 80.3 cm³/mol. The molecule has 0 bridgehead atoms. The van der Waals surface area contributed by atoms with Gasteiger partial charge in [0.05, 0.1) is 17.8 Å². The van der Waals surface area contributed by atoms with E-state index < -0.39 is 11.9 Å². The number of hydrogen-bond acceptors (Lipinski definition) is 4. The van der Waals surface area contributed by atoms with Gasteiger partial charge in [-0.1, -0.05) is 6.42 Å². The monoisotopic (exact) mass is 302 g/mol. The third kappa shape index (κ3) is 2.79. The number of anilines is 1. The molecule has 1 fully saturated rings. The summed E-state index contributed by atoms with van der Waals surface area (Å²) in [5, 5.41) is 19.7. The summed E-state index contributed by atoms with van der Waals surface area (Å²) in [5.41, 5.74) is 2.11. The molecule has 0 aliphatic heterocycles. The lowest BCUT2D eigenvalue weighted by Crippen LogP contribution is -2.30. The van der Waals surface area contributed by atoms with E-state index in [0.29, 0.717) is 24.2 Å². The Balaban J connectivity index is 1.72. The van der Waals surface area contributed by atoms with Crippen LogP contribution < -0.4 is 5.32 Å². The Bertz CT molecular complexity index is 725. The van der Waals surface area contributed by atoms with Gasteiger partial charge in [0.2, 0.25) is 5.91 Å². The molecular formula is C15H18N4O3. The van der Waals surface area contributed by atoms with E-state index >= 15 is 0 Å². The van der Waals surface area contributed by atoms with E-state index in [2.05, 4.69) is 20.5 Å². The number of carbonyl (C=O) groups is 2. The number of carbonyl (C=O) groups excluding carboxylic acids is 1. The van der Waals surface area contributed by atoms with Crippen molar-refractivity contribution in [3.63, 3.8) is 0 Å². The van der Waals surface area contributed by atoms with Gasteiger partial charge in [0.15, 0.2) is 5.65 Å². The Morgan fingerprint density at radius 1 is 1.36 bits per heavy atom. The highest BCUT2D eigenvalue weighted by Gasteiger charge is 2.31. The molecule has 0 radical (unpaired) electrons. The molecule has 2 heterocycles. The number of carboxylic acids is 1. The van der Waals surface area contributed by atoms with E-state index in [1.54, 1.807) is 6.20 Å². The van der Waals surface area contributed by atoms with Crippen LogP contribution in [0, 0.1) is 18.8 Å². The smallest absolute Gasteiger partial charge is 0.306 e. The fraction of sp³-hybridized carbons (Fsp3) is 0.467. The second-order valence-electron chi connectivity index (χ2n) is 5.83. The first-order valence-electron chi connectivity index (χ1n) is 7.39. The van der Waals surface area contributed by atoms with Crippen molar-refractivity contribution in [2.24, 2.45) is 11.8 Å². The average molecular weight is 302 g/mol. The van der Waals surface area contributed by atoms with Gasteiger partial charge in [0, 0.05) is 17.0 Å². The first-order chi connectivity index (χ1) is 10.5. The lowest BCUT2D eigenvalue weighted by atomic mass is 9.81. The average Bonchev–Trinajstić information content (AvgIpc) is 2.88. The van der Waals surface area contributed by atoms with Crippen molar-refractivity contribution in [1.29, 1.82) is 0 Å². The molecule has 0 saturated heterocycles. The summed E-state index contributed by atoms with van der Waals surface area (Å²) in [6, 6.07) is 1.83. The number of H-pyrrole nitrogens is 1. The standard InChI is InChI=1S/C15H18N4O3/c1-8-12-6-11(7-16-13(12)19-18-8)17-14(20)9-3-2-4-10(5-9)15(21)22/h6-7,9-10H,2-5H2,1H3,(H,17,20)(H,21,22)(H,16,18,19). The van der Waals surface area contributed by atoms with Gasteiger partial charge < -0.3 is 10.4 Å². The zero-order chi connectivity index (χ0) is 15.7. The summed E-state index contributed by atoms with van der Waals surface area (Å²) in [7, 11) is 0. The van der Waals surface area contributed by atoms with Gasteiger partial charge in [0.1, 0.15) is 0 Å². The minimum atomic E-state index is -0.811. The van der Waals surface area contributed by atoms with E-state index in [9.17, 15) is 9.59 Å². The Hall–Kier alpha value is -2.44. The van der Waals surface area contributed by atoms with E-state index in [1.165, 1.54) is 0 Å². The van der Waals surface area contributed by atoms with Gasteiger partial charge in [-0.2, -0.15) is 5.10 Å². The normalized spacial score (nSPS) is 21.7. The summed E-state index contributed by atoms with van der Waals surface area (Å²) in [6.45, 7) is 1.89. The highest BCUT2D eigenvalue weighted by molar-refractivity contribution is 5.94. The molecule has 2 unspecified atom stereocenters. The number of rotatable bonds is 3. The number of nitrogens with zero attached hydrogens (tertiary/aromatic N) is 2. The van der Waals surface area contributed by atoms with Crippen LogP contribution in [-0.2, 0) is 9.59 Å². The van der Waals surface area contributed by atoms with Crippen molar-refractivity contribution < 1.29 is 14.7 Å². The van der Waals surface area contributed by atoms with E-state index in [1.807, 2.05) is 13.0 Å². The molecule has 1 aliphatic carbocycles. The topological polar surface area (TPSA) is 108 Å². The van der Waals surface area contributed by atoms with Gasteiger partial charge >= 0.3 is 5.97 Å². The molecule has 2 aromatic heterocycles. The zero-order valence-corrected chi connectivity index (χ0v) is 12.3. The second kappa shape index (κ2) is 5.75. The molecule has 0 spiro atoms. The minimum absolute atomic E-state index is 0.131. The molecule has 7 heteroatoms. The van der Waals surface area contributed by atoms with Gasteiger partial charge in [-0.15, -0.1) is 0 Å². The van der Waals surface area contributed by atoms with Crippen molar-refractivity contribution in [1.82, 2.24) is 15.2 Å². The molecular weight excluding hydrogens is 284 g/mol. The van der Waals surface area contributed by atoms with Gasteiger partial charge in [-0.05, 0) is 32.3 Å². The number of nitrogens with one attached hydrogen (secondary N) is 2. The fourth-order valence-corrected chi connectivity index (χ4v) is 2.98. The van der Waals surface area contributed by atoms with Gasteiger partial charge in [-0.25, -0.2) is 4.98 Å². The molecule has 2 atom stereocenters. The van der Waals surface area contributed by atoms with Crippen molar-refractivity contribution in [2.45, 2.75) is 32.6 Å². The van der Waals surface area contributed by atoms with E-state index in [0.717, 1.165) is 23.9 Å². The van der Waals surface area contributed by atoms with Crippen LogP contribution in [0.2, 0.25) is 0 Å². The Labute approximate surface area is 127 Å². The van der Waals surface area contributed by atoms with Crippen LogP contribution >= 0.6 is 0 Å². The van der Waals surface area contributed by atoms with Crippen LogP contribution in [0.4, 0.5) is 5.69 Å². The van der Waals surface area contributed by atoms with Crippen molar-refractivity contribution in [3.05, 3.63) is 18.0 Å². The number of fused-ring (bicyclic) bond motifs is 1. The molecule has 116 valence electrons. The summed E-state index contributed by atoms with van der Waals surface area (Å²) in [5.74, 6) is -1.61. The maximum absolute atomic E-state index is 12.3. The maximum atomic E-state index is 12.3. The van der Waals surface area contributed by atoms with E-state index in [-0.39, 0.29) is 11.8 Å². The summed E-state index contributed by atoms with van der Waals surface area (Å²) < 4.78 is 0. The van der Waals surface area contributed by atoms with E-state index in [4.69, 9.17) is 5.11 Å². The van der Waals surface area contributed by atoms with Gasteiger partial charge in [-0.3, -0.25) is 14.7 Å². The lowest BCUT2D eigenvalue weighted by Gasteiger charge is -2.25. The summed E-state index contributed by atoms with van der Waals surface area (Å²) in [4.78, 5) is 27.6. The number of aliphatic carboxylic acids is 1. The minimum Gasteiger partial charge on any atom is -0.481 e. The number of amides is 1. The SMILES string of the molecule is Cc1[nH]nc2ncc(NC(=O)C3CCCC(C(=O)O)C3)cc12. The van der Waals surface area contributed by atoms with Crippen LogP contribution in [0.1, 0.15) is 31.4 Å². The molecule has 2 aromatic rings. The molecule has 22 heavy (non-hydrogen) atoms.